The predicted octanol–water partition coefficient (Wildman–Crippen LogP) is 2.64. The van der Waals surface area contributed by atoms with Crippen LogP contribution in [0.25, 0.3) is 11.1 Å². The van der Waals surface area contributed by atoms with Gasteiger partial charge in [-0.3, -0.25) is 4.79 Å². The Morgan fingerprint density at radius 2 is 2.00 bits per heavy atom. The molecule has 1 aromatic carbocycles. The molecular weight excluding hydrogens is 240 g/mol. The molecular formula is C15H16N2O2. The van der Waals surface area contributed by atoms with Crippen LogP contribution in [0.15, 0.2) is 36.5 Å². The predicted molar refractivity (Wildman–Crippen MR) is 75.9 cm³/mol. The Morgan fingerprint density at radius 3 is 2.58 bits per heavy atom. The largest absolute Gasteiger partial charge is 0.493 e. The van der Waals surface area contributed by atoms with Gasteiger partial charge >= 0.3 is 0 Å². The zero-order chi connectivity index (χ0) is 18.8. The second-order valence-electron chi connectivity index (χ2n) is 3.83. The number of aromatic nitrogens is 1. The zero-order valence-corrected chi connectivity index (χ0v) is 10.3. The molecule has 1 aromatic heterocycles. The quantitative estimate of drug-likeness (QED) is 0.794. The number of hydrogen-bond donors (Lipinski definition) is 0. The number of methoxy groups -OCH3 is 1. The highest BCUT2D eigenvalue weighted by molar-refractivity contribution is 5.77. The van der Waals surface area contributed by atoms with Gasteiger partial charge in [0.25, 0.3) is 0 Å². The first kappa shape index (κ1) is 7.28. The van der Waals surface area contributed by atoms with Gasteiger partial charge in [-0.15, -0.1) is 0 Å². The number of anilines is 1. The first-order chi connectivity index (χ1) is 11.6. The first-order valence-electron chi connectivity index (χ1n) is 8.48. The maximum atomic E-state index is 10.7. The van der Waals surface area contributed by atoms with Crippen LogP contribution in [0.5, 0.6) is 5.75 Å². The summed E-state index contributed by atoms with van der Waals surface area (Å²) in [6.45, 7) is -5.84. The highest BCUT2D eigenvalue weighted by atomic mass is 16.5. The Balaban J connectivity index is 2.53. The van der Waals surface area contributed by atoms with Gasteiger partial charge in [0.2, 0.25) is 0 Å². The summed E-state index contributed by atoms with van der Waals surface area (Å²) in [7, 11) is 1.30. The lowest BCUT2D eigenvalue weighted by Crippen LogP contribution is -2.12. The molecule has 19 heavy (non-hydrogen) atoms. The van der Waals surface area contributed by atoms with E-state index in [0.29, 0.717) is 11.1 Å². The minimum Gasteiger partial charge on any atom is -0.493 e. The average Bonchev–Trinajstić information content (AvgIpc) is 2.52. The van der Waals surface area contributed by atoms with Gasteiger partial charge in [-0.25, -0.2) is 4.98 Å². The normalized spacial score (nSPS) is 16.1. The summed E-state index contributed by atoms with van der Waals surface area (Å²) in [5, 5.41) is 0. The Morgan fingerprint density at radius 1 is 1.26 bits per heavy atom. The number of benzene rings is 1. The van der Waals surface area contributed by atoms with Crippen LogP contribution in [0.2, 0.25) is 0 Å². The number of hydrogen-bond acceptors (Lipinski definition) is 4. The van der Waals surface area contributed by atoms with Crippen LogP contribution < -0.4 is 9.64 Å². The third kappa shape index (κ3) is 2.73. The minimum atomic E-state index is -2.92. The molecule has 0 amide bonds. The highest BCUT2D eigenvalue weighted by Gasteiger charge is 2.09. The number of ether oxygens (including phenoxy) is 1. The standard InChI is InChI=1S/C15H16N2O2/c1-17(2)15-14(19-3)8-13(9-16-15)12-6-4-11(10-18)5-7-12/h4-10H,1-3H3/i1D3,2D3. The Hall–Kier alpha value is -2.36. The van der Waals surface area contributed by atoms with Gasteiger partial charge in [-0.2, -0.15) is 0 Å². The van der Waals surface area contributed by atoms with Crippen molar-refractivity contribution in [1.82, 2.24) is 4.98 Å². The van der Waals surface area contributed by atoms with Crippen molar-refractivity contribution in [2.45, 2.75) is 0 Å². The summed E-state index contributed by atoms with van der Waals surface area (Å²) in [6.07, 6.45) is 2.08. The SMILES string of the molecule is [2H]C([2H])([2H])N(c1ncc(-c2ccc(C=O)cc2)cc1OC)C([2H])([2H])[2H]. The van der Waals surface area contributed by atoms with Gasteiger partial charge < -0.3 is 9.64 Å². The summed E-state index contributed by atoms with van der Waals surface area (Å²) in [5.41, 5.74) is 1.82. The van der Waals surface area contributed by atoms with Crippen molar-refractivity contribution in [2.24, 2.45) is 0 Å². The molecule has 98 valence electrons. The summed E-state index contributed by atoms with van der Waals surface area (Å²) in [5.74, 6) is -0.278. The number of aldehydes is 1. The number of nitrogens with zero attached hydrogens (tertiary/aromatic N) is 2. The van der Waals surface area contributed by atoms with E-state index in [2.05, 4.69) is 4.98 Å². The van der Waals surface area contributed by atoms with E-state index in [-0.39, 0.29) is 16.5 Å². The van der Waals surface area contributed by atoms with Crippen molar-refractivity contribution in [2.75, 3.05) is 26.0 Å². The fraction of sp³-hybridized carbons (Fsp3) is 0.200. The topological polar surface area (TPSA) is 42.4 Å². The second-order valence-corrected chi connectivity index (χ2v) is 3.83. The summed E-state index contributed by atoms with van der Waals surface area (Å²) in [6, 6.07) is 8.15. The molecule has 0 unspecified atom stereocenters. The van der Waals surface area contributed by atoms with Crippen molar-refractivity contribution >= 4 is 12.1 Å². The molecule has 0 saturated carbocycles. The number of rotatable bonds is 4. The van der Waals surface area contributed by atoms with E-state index < -0.39 is 14.0 Å². The molecule has 1 heterocycles. The van der Waals surface area contributed by atoms with E-state index in [9.17, 15) is 4.79 Å². The third-order valence-corrected chi connectivity index (χ3v) is 2.64. The van der Waals surface area contributed by atoms with Gasteiger partial charge in [0.05, 0.1) is 7.11 Å². The molecule has 2 rings (SSSR count). The van der Waals surface area contributed by atoms with E-state index in [1.165, 1.54) is 19.4 Å². The van der Waals surface area contributed by atoms with Crippen molar-refractivity contribution in [3.8, 4) is 16.9 Å². The Bertz CT molecular complexity index is 742. The van der Waals surface area contributed by atoms with Crippen LogP contribution in [0.4, 0.5) is 5.82 Å². The molecule has 0 atom stereocenters. The molecule has 0 fully saturated rings. The van der Waals surface area contributed by atoms with E-state index in [4.69, 9.17) is 13.0 Å². The Labute approximate surface area is 121 Å². The maximum absolute atomic E-state index is 10.7. The summed E-state index contributed by atoms with van der Waals surface area (Å²) >= 11 is 0. The van der Waals surface area contributed by atoms with E-state index >= 15 is 0 Å². The summed E-state index contributed by atoms with van der Waals surface area (Å²) in [4.78, 5) is 15.0. The second kappa shape index (κ2) is 5.52. The molecule has 0 aliphatic heterocycles. The fourth-order valence-electron chi connectivity index (χ4n) is 1.67. The fourth-order valence-corrected chi connectivity index (χ4v) is 1.67. The van der Waals surface area contributed by atoms with Gasteiger partial charge in [0, 0.05) is 39.5 Å². The number of carbonyl (C=O) groups is 1. The zero-order valence-electron chi connectivity index (χ0n) is 16.3. The molecule has 0 saturated heterocycles. The van der Waals surface area contributed by atoms with E-state index in [0.717, 1.165) is 11.8 Å². The highest BCUT2D eigenvalue weighted by Crippen LogP contribution is 2.29. The third-order valence-electron chi connectivity index (χ3n) is 2.64. The van der Waals surface area contributed by atoms with Crippen LogP contribution >= 0.6 is 0 Å². The van der Waals surface area contributed by atoms with Gasteiger partial charge in [-0.1, -0.05) is 24.3 Å². The molecule has 2 aromatic rings. The van der Waals surface area contributed by atoms with Crippen LogP contribution in [0.3, 0.4) is 0 Å². The minimum absolute atomic E-state index is 0.0178. The Kier molecular flexibility index (Phi) is 2.12. The van der Waals surface area contributed by atoms with Crippen LogP contribution in [0, 0.1) is 0 Å². The van der Waals surface area contributed by atoms with Crippen molar-refractivity contribution < 1.29 is 17.8 Å². The molecule has 4 heteroatoms. The molecule has 0 bridgehead atoms. The van der Waals surface area contributed by atoms with Crippen molar-refractivity contribution in [3.05, 3.63) is 42.1 Å². The lowest BCUT2D eigenvalue weighted by molar-refractivity contribution is 0.112. The van der Waals surface area contributed by atoms with Crippen LogP contribution in [-0.2, 0) is 0 Å². The lowest BCUT2D eigenvalue weighted by atomic mass is 10.1. The maximum Gasteiger partial charge on any atom is 0.170 e. The van der Waals surface area contributed by atoms with Crippen LogP contribution in [-0.4, -0.2) is 32.3 Å². The van der Waals surface area contributed by atoms with Crippen LogP contribution in [0.1, 0.15) is 18.6 Å². The van der Waals surface area contributed by atoms with E-state index in [1.54, 1.807) is 24.3 Å². The van der Waals surface area contributed by atoms with Crippen molar-refractivity contribution in [3.63, 3.8) is 0 Å². The smallest absolute Gasteiger partial charge is 0.170 e. The lowest BCUT2D eigenvalue weighted by Gasteiger charge is -2.16. The monoisotopic (exact) mass is 262 g/mol. The van der Waals surface area contributed by atoms with Gasteiger partial charge in [0.1, 0.15) is 6.29 Å². The molecule has 4 nitrogen and oxygen atoms in total. The van der Waals surface area contributed by atoms with Gasteiger partial charge in [0.15, 0.2) is 11.6 Å². The van der Waals surface area contributed by atoms with E-state index in [1.807, 2.05) is 0 Å². The van der Waals surface area contributed by atoms with Crippen molar-refractivity contribution in [1.29, 1.82) is 0 Å². The first-order valence-corrected chi connectivity index (χ1v) is 5.48. The summed E-state index contributed by atoms with van der Waals surface area (Å²) < 4.78 is 50.1. The van der Waals surface area contributed by atoms with Gasteiger partial charge in [-0.05, 0) is 11.6 Å². The number of carbonyl (C=O) groups excluding carboxylic acids is 1. The average molecular weight is 262 g/mol. The molecule has 0 radical (unpaired) electrons. The molecule has 0 aliphatic carbocycles. The molecule has 0 spiro atoms. The molecule has 0 aliphatic rings. The number of pyridine rings is 1. The molecule has 0 N–H and O–H groups in total.